The number of hydrogen-bond donors (Lipinski definition) is 0. The quantitative estimate of drug-likeness (QED) is 0.733. The molecule has 1 amide bonds. The van der Waals surface area contributed by atoms with Gasteiger partial charge in [-0.3, -0.25) is 14.6 Å². The molecule has 160 valence electrons. The fourth-order valence-corrected chi connectivity index (χ4v) is 4.39. The van der Waals surface area contributed by atoms with Gasteiger partial charge in [-0.1, -0.05) is 41.9 Å². The maximum Gasteiger partial charge on any atom is 0.239 e. The van der Waals surface area contributed by atoms with E-state index in [0.29, 0.717) is 5.02 Å². The number of anilines is 1. The highest BCUT2D eigenvalue weighted by atomic mass is 35.5. The van der Waals surface area contributed by atoms with Crippen molar-refractivity contribution in [2.75, 3.05) is 57.3 Å². The van der Waals surface area contributed by atoms with Gasteiger partial charge in [0.2, 0.25) is 5.91 Å². The number of hydrogen-bond acceptors (Lipinski definition) is 5. The molecule has 0 N–H and O–H groups in total. The van der Waals surface area contributed by atoms with Gasteiger partial charge in [-0.25, -0.2) is 4.98 Å². The van der Waals surface area contributed by atoms with Crippen molar-refractivity contribution in [1.82, 2.24) is 19.7 Å². The molecular weight excluding hydrogens is 398 g/mol. The first kappa shape index (κ1) is 21.1. The van der Waals surface area contributed by atoms with E-state index in [4.69, 9.17) is 11.6 Å². The Labute approximate surface area is 184 Å². The van der Waals surface area contributed by atoms with Gasteiger partial charge in [0, 0.05) is 65.1 Å². The molecule has 2 aromatic rings. The molecular formula is C23H30ClN5O. The van der Waals surface area contributed by atoms with Gasteiger partial charge in [-0.05, 0) is 24.6 Å². The van der Waals surface area contributed by atoms with Crippen LogP contribution in [0.2, 0.25) is 5.02 Å². The zero-order valence-corrected chi connectivity index (χ0v) is 18.3. The van der Waals surface area contributed by atoms with Crippen LogP contribution >= 0.6 is 11.6 Å². The lowest BCUT2D eigenvalue weighted by Crippen LogP contribution is -2.57. The molecule has 0 radical (unpaired) electrons. The van der Waals surface area contributed by atoms with Crippen molar-refractivity contribution in [2.45, 2.75) is 19.5 Å². The van der Waals surface area contributed by atoms with Gasteiger partial charge in [0.25, 0.3) is 0 Å². The second-order valence-corrected chi connectivity index (χ2v) is 8.56. The Hall–Kier alpha value is -2.15. The topological polar surface area (TPSA) is 42.9 Å². The van der Waals surface area contributed by atoms with E-state index in [1.54, 1.807) is 6.20 Å². The minimum atomic E-state index is -0.0778. The number of pyridine rings is 1. The van der Waals surface area contributed by atoms with Crippen LogP contribution in [0.15, 0.2) is 48.7 Å². The van der Waals surface area contributed by atoms with Crippen molar-refractivity contribution in [3.8, 4) is 0 Å². The monoisotopic (exact) mass is 427 g/mol. The predicted octanol–water partition coefficient (Wildman–Crippen LogP) is 2.59. The van der Waals surface area contributed by atoms with Crippen molar-refractivity contribution in [2.24, 2.45) is 0 Å². The van der Waals surface area contributed by atoms with Gasteiger partial charge in [0.15, 0.2) is 0 Å². The summed E-state index contributed by atoms with van der Waals surface area (Å²) in [5.74, 6) is 1.21. The second kappa shape index (κ2) is 9.77. The molecule has 0 bridgehead atoms. The summed E-state index contributed by atoms with van der Waals surface area (Å²) in [5.41, 5.74) is 1.33. The molecule has 1 atom stereocenters. The molecule has 2 saturated heterocycles. The molecule has 6 nitrogen and oxygen atoms in total. The normalized spacial score (nSPS) is 19.7. The number of piperazine rings is 2. The third-order valence-corrected chi connectivity index (χ3v) is 6.41. The summed E-state index contributed by atoms with van der Waals surface area (Å²) in [5, 5.41) is 0.653. The van der Waals surface area contributed by atoms with Crippen LogP contribution in [-0.4, -0.2) is 84.0 Å². The second-order valence-electron chi connectivity index (χ2n) is 8.12. The number of amides is 1. The van der Waals surface area contributed by atoms with E-state index in [0.717, 1.165) is 64.7 Å². The van der Waals surface area contributed by atoms with E-state index in [9.17, 15) is 4.79 Å². The summed E-state index contributed by atoms with van der Waals surface area (Å²) < 4.78 is 0. The first-order valence-corrected chi connectivity index (χ1v) is 11.1. The number of benzene rings is 1. The fourth-order valence-electron chi connectivity index (χ4n) is 4.28. The third-order valence-electron chi connectivity index (χ3n) is 6.19. The highest BCUT2D eigenvalue weighted by Crippen LogP contribution is 2.18. The number of nitrogens with zero attached hydrogens (tertiary/aromatic N) is 5. The first-order chi connectivity index (χ1) is 14.6. The van der Waals surface area contributed by atoms with Crippen LogP contribution in [0.25, 0.3) is 0 Å². The maximum absolute atomic E-state index is 13.1. The molecule has 2 aliphatic heterocycles. The smallest absolute Gasteiger partial charge is 0.239 e. The van der Waals surface area contributed by atoms with Crippen molar-refractivity contribution < 1.29 is 4.79 Å². The van der Waals surface area contributed by atoms with Gasteiger partial charge in [-0.15, -0.1) is 0 Å². The van der Waals surface area contributed by atoms with Crippen molar-refractivity contribution in [1.29, 1.82) is 0 Å². The van der Waals surface area contributed by atoms with Crippen LogP contribution in [0, 0.1) is 0 Å². The summed E-state index contributed by atoms with van der Waals surface area (Å²) in [4.78, 5) is 26.5. The van der Waals surface area contributed by atoms with Crippen LogP contribution in [-0.2, 0) is 11.3 Å². The summed E-state index contributed by atoms with van der Waals surface area (Å²) >= 11 is 5.94. The molecule has 1 aromatic heterocycles. The van der Waals surface area contributed by atoms with E-state index in [1.165, 1.54) is 5.56 Å². The van der Waals surface area contributed by atoms with Crippen LogP contribution in [0.5, 0.6) is 0 Å². The van der Waals surface area contributed by atoms with E-state index in [1.807, 2.05) is 23.1 Å². The number of aromatic nitrogens is 1. The number of carbonyl (C=O) groups is 1. The first-order valence-electron chi connectivity index (χ1n) is 10.8. The SMILES string of the molecule is CC(C(=O)N1CCN(Cc2ccccc2)CC1)N1CCN(c2ccc(Cl)cn2)CC1. The lowest BCUT2D eigenvalue weighted by Gasteiger charge is -2.41. The minimum Gasteiger partial charge on any atom is -0.354 e. The Morgan fingerprint density at radius 3 is 2.30 bits per heavy atom. The average molecular weight is 428 g/mol. The molecule has 7 heteroatoms. The highest BCUT2D eigenvalue weighted by Gasteiger charge is 2.30. The minimum absolute atomic E-state index is 0.0778. The van der Waals surface area contributed by atoms with Gasteiger partial charge in [-0.2, -0.15) is 0 Å². The third kappa shape index (κ3) is 5.12. The van der Waals surface area contributed by atoms with Gasteiger partial charge in [0.05, 0.1) is 11.1 Å². The van der Waals surface area contributed by atoms with E-state index in [2.05, 4.69) is 50.9 Å². The molecule has 3 heterocycles. The van der Waals surface area contributed by atoms with Crippen LogP contribution in [0.4, 0.5) is 5.82 Å². The summed E-state index contributed by atoms with van der Waals surface area (Å²) in [7, 11) is 0. The van der Waals surface area contributed by atoms with E-state index in [-0.39, 0.29) is 11.9 Å². The molecule has 1 aromatic carbocycles. The fraction of sp³-hybridized carbons (Fsp3) is 0.478. The lowest BCUT2D eigenvalue weighted by atomic mass is 10.1. The Balaban J connectivity index is 1.24. The maximum atomic E-state index is 13.1. The molecule has 30 heavy (non-hydrogen) atoms. The molecule has 1 unspecified atom stereocenters. The van der Waals surface area contributed by atoms with Crippen molar-refractivity contribution in [3.63, 3.8) is 0 Å². The largest absolute Gasteiger partial charge is 0.354 e. The van der Waals surface area contributed by atoms with Crippen molar-refractivity contribution >= 4 is 23.3 Å². The standard InChI is InChI=1S/C23H30ClN5O/c1-19(27-13-15-28(16-14-27)22-8-7-21(24)17-25-22)23(30)29-11-9-26(10-12-29)18-20-5-3-2-4-6-20/h2-8,17,19H,9-16,18H2,1H3. The average Bonchev–Trinajstić information content (AvgIpc) is 2.80. The molecule has 4 rings (SSSR count). The molecule has 0 spiro atoms. The predicted molar refractivity (Wildman–Crippen MR) is 121 cm³/mol. The lowest BCUT2D eigenvalue weighted by molar-refractivity contribution is -0.138. The van der Waals surface area contributed by atoms with Gasteiger partial charge >= 0.3 is 0 Å². The molecule has 2 fully saturated rings. The molecule has 2 aliphatic rings. The number of rotatable bonds is 5. The van der Waals surface area contributed by atoms with Crippen LogP contribution < -0.4 is 4.90 Å². The molecule has 0 aliphatic carbocycles. The Bertz CT molecular complexity index is 815. The number of halogens is 1. The summed E-state index contributed by atoms with van der Waals surface area (Å²) in [6, 6.07) is 14.3. The highest BCUT2D eigenvalue weighted by molar-refractivity contribution is 6.30. The Morgan fingerprint density at radius 1 is 0.967 bits per heavy atom. The van der Waals surface area contributed by atoms with Gasteiger partial charge < -0.3 is 9.80 Å². The van der Waals surface area contributed by atoms with Crippen molar-refractivity contribution in [3.05, 3.63) is 59.2 Å². The zero-order chi connectivity index (χ0) is 20.9. The van der Waals surface area contributed by atoms with Crippen LogP contribution in [0.1, 0.15) is 12.5 Å². The number of carbonyl (C=O) groups excluding carboxylic acids is 1. The molecule has 0 saturated carbocycles. The van der Waals surface area contributed by atoms with E-state index >= 15 is 0 Å². The van der Waals surface area contributed by atoms with E-state index < -0.39 is 0 Å². The van der Waals surface area contributed by atoms with Crippen LogP contribution in [0.3, 0.4) is 0 Å². The summed E-state index contributed by atoms with van der Waals surface area (Å²) in [6.45, 7) is 9.97. The Kier molecular flexibility index (Phi) is 6.87. The zero-order valence-electron chi connectivity index (χ0n) is 17.6. The summed E-state index contributed by atoms with van der Waals surface area (Å²) in [6.07, 6.45) is 1.69. The Morgan fingerprint density at radius 2 is 1.67 bits per heavy atom. The van der Waals surface area contributed by atoms with Gasteiger partial charge in [0.1, 0.15) is 5.82 Å².